The maximum absolute atomic E-state index is 3.32. The van der Waals surface area contributed by atoms with Crippen LogP contribution in [-0.2, 0) is 6.42 Å². The molecule has 82 valence electrons. The number of H-pyrrole nitrogens is 1. The van der Waals surface area contributed by atoms with Gasteiger partial charge in [-0.15, -0.1) is 12.4 Å². The Hall–Kier alpha value is -0.0300. The third kappa shape index (κ3) is 3.21. The Bertz CT molecular complexity index is 428. The molecule has 0 unspecified atom stereocenters. The van der Waals surface area contributed by atoms with Crippen molar-refractivity contribution in [1.29, 1.82) is 0 Å². The number of aromatic amines is 1. The molecule has 0 atom stereocenters. The van der Waals surface area contributed by atoms with Crippen molar-refractivity contribution in [3.8, 4) is 0 Å². The summed E-state index contributed by atoms with van der Waals surface area (Å²) in [4.78, 5) is 3.26. The second-order valence-electron chi connectivity index (χ2n) is 3.14. The summed E-state index contributed by atoms with van der Waals surface area (Å²) >= 11 is 6.65. The number of para-hydroxylation sites is 1. The minimum Gasteiger partial charge on any atom is -0.361 e. The van der Waals surface area contributed by atoms with Crippen molar-refractivity contribution in [3.05, 3.63) is 36.0 Å². The molecular weight excluding hydrogens is 343 g/mol. The van der Waals surface area contributed by atoms with Gasteiger partial charge in [0.2, 0.25) is 0 Å². The number of fused-ring (bicyclic) bond motifs is 1. The molecule has 0 radical (unpaired) electrons. The van der Waals surface area contributed by atoms with Crippen molar-refractivity contribution in [2.45, 2.75) is 6.42 Å². The smallest absolute Gasteiger partial charge is 0.0456 e. The zero-order valence-electron chi connectivity index (χ0n) is 7.91. The van der Waals surface area contributed by atoms with E-state index in [-0.39, 0.29) is 12.4 Å². The fourth-order valence-corrected chi connectivity index (χ4v) is 1.90. The van der Waals surface area contributed by atoms with Gasteiger partial charge >= 0.3 is 0 Å². The lowest BCUT2D eigenvalue weighted by atomic mass is 10.1. The minimum absolute atomic E-state index is 0. The Morgan fingerprint density at radius 1 is 1.20 bits per heavy atom. The van der Waals surface area contributed by atoms with Crippen molar-refractivity contribution in [2.24, 2.45) is 0 Å². The van der Waals surface area contributed by atoms with Crippen LogP contribution in [0.4, 0.5) is 0 Å². The number of benzene rings is 1. The lowest BCUT2D eigenvalue weighted by Gasteiger charge is -2.03. The van der Waals surface area contributed by atoms with Crippen LogP contribution < -0.4 is 0 Å². The molecule has 0 aliphatic heterocycles. The molecule has 1 aromatic heterocycles. The fraction of sp³-hybridized carbons (Fsp3) is 0.200. The Kier molecular flexibility index (Phi) is 5.12. The summed E-state index contributed by atoms with van der Waals surface area (Å²) in [5, 5.41) is 1.31. The van der Waals surface area contributed by atoms with E-state index < -0.39 is 0 Å². The van der Waals surface area contributed by atoms with Crippen LogP contribution in [-0.4, -0.2) is 14.5 Å². The van der Waals surface area contributed by atoms with Gasteiger partial charge < -0.3 is 4.98 Å². The van der Waals surface area contributed by atoms with Crippen LogP contribution in [0.15, 0.2) is 30.5 Å². The van der Waals surface area contributed by atoms with E-state index in [4.69, 9.17) is 0 Å². The fourth-order valence-electron chi connectivity index (χ4n) is 1.54. The average molecular weight is 354 g/mol. The predicted octanol–water partition coefficient (Wildman–Crippen LogP) is 4.05. The molecule has 15 heavy (non-hydrogen) atoms. The first-order valence-corrected chi connectivity index (χ1v) is 5.83. The third-order valence-corrected chi connectivity index (χ3v) is 2.93. The van der Waals surface area contributed by atoms with Crippen molar-refractivity contribution < 1.29 is 0 Å². The van der Waals surface area contributed by atoms with E-state index in [1.807, 2.05) is 9.02 Å². The molecule has 2 aromatic rings. The van der Waals surface area contributed by atoms with Crippen LogP contribution in [0.2, 0.25) is 0 Å². The van der Waals surface area contributed by atoms with Gasteiger partial charge in [0.05, 0.1) is 0 Å². The van der Waals surface area contributed by atoms with Crippen LogP contribution in [0.1, 0.15) is 5.56 Å². The molecule has 1 heterocycles. The SMILES string of the molecule is BrN(Br)CCc1c[nH]c2ccccc12.Cl. The van der Waals surface area contributed by atoms with Crippen LogP contribution in [0.5, 0.6) is 0 Å². The number of hydrogen-bond donors (Lipinski definition) is 1. The van der Waals surface area contributed by atoms with Crippen LogP contribution in [0.25, 0.3) is 10.9 Å². The second-order valence-corrected chi connectivity index (χ2v) is 5.80. The van der Waals surface area contributed by atoms with Crippen LogP contribution in [0.3, 0.4) is 0 Å². The molecule has 5 heteroatoms. The molecule has 0 amide bonds. The highest BCUT2D eigenvalue weighted by Gasteiger charge is 2.03. The highest BCUT2D eigenvalue weighted by molar-refractivity contribution is 9.21. The lowest BCUT2D eigenvalue weighted by molar-refractivity contribution is 0.765. The van der Waals surface area contributed by atoms with Gasteiger partial charge in [-0.25, -0.2) is 0 Å². The number of nitrogens with zero attached hydrogens (tertiary/aromatic N) is 1. The van der Waals surface area contributed by atoms with E-state index in [9.17, 15) is 0 Å². The largest absolute Gasteiger partial charge is 0.361 e. The summed E-state index contributed by atoms with van der Waals surface area (Å²) in [5.41, 5.74) is 2.56. The maximum Gasteiger partial charge on any atom is 0.0456 e. The molecule has 1 N–H and O–H groups in total. The summed E-state index contributed by atoms with van der Waals surface area (Å²) in [5.74, 6) is 0. The summed E-state index contributed by atoms with van der Waals surface area (Å²) in [6.45, 7) is 0.932. The minimum atomic E-state index is 0. The summed E-state index contributed by atoms with van der Waals surface area (Å²) in [7, 11) is 0. The van der Waals surface area contributed by atoms with E-state index in [1.54, 1.807) is 0 Å². The van der Waals surface area contributed by atoms with Gasteiger partial charge in [-0.1, -0.05) is 18.2 Å². The predicted molar refractivity (Wildman–Crippen MR) is 73.8 cm³/mol. The quantitative estimate of drug-likeness (QED) is 0.824. The normalized spacial score (nSPS) is 10.6. The van der Waals surface area contributed by atoms with E-state index in [0.717, 1.165) is 13.0 Å². The average Bonchev–Trinajstić information content (AvgIpc) is 2.58. The van der Waals surface area contributed by atoms with Gasteiger partial charge in [-0.3, -0.25) is 0 Å². The van der Waals surface area contributed by atoms with Crippen molar-refractivity contribution >= 4 is 55.6 Å². The first kappa shape index (κ1) is 13.0. The van der Waals surface area contributed by atoms with Gasteiger partial charge in [0.25, 0.3) is 0 Å². The van der Waals surface area contributed by atoms with Gasteiger partial charge in [0.15, 0.2) is 0 Å². The standard InChI is InChI=1S/C10H10Br2N2.ClH/c11-14(12)6-5-8-7-13-10-4-2-1-3-9(8)10;/h1-4,7,13H,5-6H2;1H. The topological polar surface area (TPSA) is 19.0 Å². The lowest BCUT2D eigenvalue weighted by Crippen LogP contribution is -2.01. The third-order valence-electron chi connectivity index (χ3n) is 2.23. The van der Waals surface area contributed by atoms with Crippen LogP contribution >= 0.6 is 44.7 Å². The maximum atomic E-state index is 3.32. The Labute approximate surface area is 112 Å². The zero-order chi connectivity index (χ0) is 9.97. The summed E-state index contributed by atoms with van der Waals surface area (Å²) < 4.78 is 1.84. The van der Waals surface area contributed by atoms with Gasteiger partial charge in [0, 0.05) is 55.9 Å². The number of halogens is 3. The molecular formula is C10H11Br2ClN2. The molecule has 2 rings (SSSR count). The van der Waals surface area contributed by atoms with Crippen molar-refractivity contribution in [2.75, 3.05) is 6.54 Å². The number of aromatic nitrogens is 1. The molecule has 0 aliphatic carbocycles. The van der Waals surface area contributed by atoms with E-state index >= 15 is 0 Å². The molecule has 0 saturated carbocycles. The number of nitrogens with one attached hydrogen (secondary N) is 1. The summed E-state index contributed by atoms with van der Waals surface area (Å²) in [6, 6.07) is 8.36. The first-order chi connectivity index (χ1) is 6.77. The van der Waals surface area contributed by atoms with Crippen molar-refractivity contribution in [3.63, 3.8) is 0 Å². The Balaban J connectivity index is 0.00000112. The monoisotopic (exact) mass is 352 g/mol. The molecule has 0 bridgehead atoms. The highest BCUT2D eigenvalue weighted by atomic mass is 79.9. The summed E-state index contributed by atoms with van der Waals surface area (Å²) in [6.07, 6.45) is 3.09. The first-order valence-electron chi connectivity index (χ1n) is 4.41. The van der Waals surface area contributed by atoms with E-state index in [1.165, 1.54) is 16.5 Å². The van der Waals surface area contributed by atoms with Crippen LogP contribution in [0, 0.1) is 0 Å². The molecule has 0 fully saturated rings. The van der Waals surface area contributed by atoms with Crippen molar-refractivity contribution in [1.82, 2.24) is 7.94 Å². The highest BCUT2D eigenvalue weighted by Crippen LogP contribution is 2.19. The van der Waals surface area contributed by atoms with Gasteiger partial charge in [-0.05, 0) is 18.1 Å². The van der Waals surface area contributed by atoms with E-state index in [2.05, 4.69) is 61.7 Å². The molecule has 2 nitrogen and oxygen atoms in total. The Morgan fingerprint density at radius 2 is 1.93 bits per heavy atom. The second kappa shape index (κ2) is 5.89. The molecule has 0 spiro atoms. The van der Waals surface area contributed by atoms with Gasteiger partial charge in [-0.2, -0.15) is 2.95 Å². The van der Waals surface area contributed by atoms with Gasteiger partial charge in [0.1, 0.15) is 0 Å². The Morgan fingerprint density at radius 3 is 2.67 bits per heavy atom. The van der Waals surface area contributed by atoms with E-state index in [0.29, 0.717) is 0 Å². The zero-order valence-corrected chi connectivity index (χ0v) is 11.9. The molecule has 0 saturated heterocycles. The number of rotatable bonds is 3. The molecule has 0 aliphatic rings. The molecule has 1 aromatic carbocycles. The number of hydrogen-bond acceptors (Lipinski definition) is 1.